The van der Waals surface area contributed by atoms with Crippen LogP contribution >= 0.6 is 24.0 Å². The summed E-state index contributed by atoms with van der Waals surface area (Å²) in [6, 6.07) is 10.1. The van der Waals surface area contributed by atoms with Crippen LogP contribution in [-0.2, 0) is 0 Å². The molecule has 0 amide bonds. The smallest absolute Gasteiger partial charge is 0.160 e. The van der Waals surface area contributed by atoms with Crippen molar-refractivity contribution in [3.63, 3.8) is 0 Å². The van der Waals surface area contributed by atoms with Crippen LogP contribution in [0.1, 0.15) is 5.56 Å². The van der Waals surface area contributed by atoms with E-state index in [1.807, 2.05) is 0 Å². The number of ether oxygens (including phenoxy) is 1. The average Bonchev–Trinajstić information content (AvgIpc) is 3.22. The third kappa shape index (κ3) is 3.92. The summed E-state index contributed by atoms with van der Waals surface area (Å²) in [5.41, 5.74) is 2.24. The lowest BCUT2D eigenvalue weighted by Crippen LogP contribution is -2.01. The second kappa shape index (κ2) is 8.29. The molecule has 0 atom stereocenters. The molecular formula is C20H14Cl2FN7O. The normalized spacial score (nSPS) is 10.8. The van der Waals surface area contributed by atoms with Gasteiger partial charge in [-0.1, -0.05) is 11.6 Å². The molecule has 0 aliphatic heterocycles. The Labute approximate surface area is 186 Å². The Kier molecular flexibility index (Phi) is 5.53. The molecule has 5 aromatic rings. The quantitative estimate of drug-likeness (QED) is 0.374. The first-order valence-electron chi connectivity index (χ1n) is 8.89. The SMILES string of the molecule is Cc1c(Oc2ccn3ncnc3c2)ccc(Nc2ncnc3ccc(Cl)nc23)c1F.Cl. The van der Waals surface area contributed by atoms with Gasteiger partial charge in [0.2, 0.25) is 0 Å². The van der Waals surface area contributed by atoms with Crippen LogP contribution in [0.15, 0.2) is 55.2 Å². The van der Waals surface area contributed by atoms with E-state index in [-0.39, 0.29) is 18.1 Å². The van der Waals surface area contributed by atoms with Crippen LogP contribution in [0.3, 0.4) is 0 Å². The third-order valence-electron chi connectivity index (χ3n) is 4.52. The van der Waals surface area contributed by atoms with Crippen molar-refractivity contribution >= 4 is 52.2 Å². The van der Waals surface area contributed by atoms with E-state index in [9.17, 15) is 0 Å². The monoisotopic (exact) mass is 457 g/mol. The molecule has 0 saturated carbocycles. The van der Waals surface area contributed by atoms with Crippen molar-refractivity contribution in [3.8, 4) is 11.5 Å². The number of nitrogens with one attached hydrogen (secondary N) is 1. The Morgan fingerprint density at radius 1 is 1.06 bits per heavy atom. The van der Waals surface area contributed by atoms with Crippen molar-refractivity contribution in [1.29, 1.82) is 0 Å². The van der Waals surface area contributed by atoms with E-state index >= 15 is 4.39 Å². The molecule has 0 bridgehead atoms. The standard InChI is InChI=1S/C20H13ClFN7O.ClH/c1-11-15(30-12-6-7-29-17(8-12)24-10-26-29)4-2-13(18(11)22)27-20-19-14(23-9-25-20)3-5-16(21)28-19;/h2-10H,1H3,(H,23,25,27);1H. The Hall–Kier alpha value is -3.56. The van der Waals surface area contributed by atoms with E-state index < -0.39 is 5.82 Å². The number of halogens is 3. The summed E-state index contributed by atoms with van der Waals surface area (Å²) in [6.07, 6.45) is 4.55. The zero-order chi connectivity index (χ0) is 20.7. The number of hydrogen-bond donors (Lipinski definition) is 1. The molecule has 5 rings (SSSR count). The van der Waals surface area contributed by atoms with Gasteiger partial charge in [-0.25, -0.2) is 28.8 Å². The molecule has 0 saturated heterocycles. The van der Waals surface area contributed by atoms with Crippen molar-refractivity contribution < 1.29 is 9.13 Å². The molecule has 0 radical (unpaired) electrons. The van der Waals surface area contributed by atoms with Gasteiger partial charge in [0.1, 0.15) is 34.8 Å². The van der Waals surface area contributed by atoms with Gasteiger partial charge >= 0.3 is 0 Å². The van der Waals surface area contributed by atoms with Gasteiger partial charge in [0.05, 0.1) is 11.2 Å². The van der Waals surface area contributed by atoms with E-state index in [4.69, 9.17) is 16.3 Å². The van der Waals surface area contributed by atoms with Crippen LogP contribution < -0.4 is 10.1 Å². The molecule has 1 N–H and O–H groups in total. The zero-order valence-corrected chi connectivity index (χ0v) is 17.5. The van der Waals surface area contributed by atoms with Crippen molar-refractivity contribution in [2.75, 3.05) is 5.32 Å². The number of pyridine rings is 2. The number of nitrogens with zero attached hydrogens (tertiary/aromatic N) is 6. The molecule has 11 heteroatoms. The van der Waals surface area contributed by atoms with E-state index in [1.54, 1.807) is 54.0 Å². The average molecular weight is 458 g/mol. The minimum absolute atomic E-state index is 0. The van der Waals surface area contributed by atoms with Crippen LogP contribution in [-0.4, -0.2) is 29.5 Å². The first-order valence-corrected chi connectivity index (χ1v) is 9.27. The Balaban J connectivity index is 0.00000231. The molecule has 8 nitrogen and oxygen atoms in total. The molecular weight excluding hydrogens is 444 g/mol. The van der Waals surface area contributed by atoms with Gasteiger partial charge in [0.25, 0.3) is 0 Å². The third-order valence-corrected chi connectivity index (χ3v) is 4.73. The number of aromatic nitrogens is 6. The van der Waals surface area contributed by atoms with Crippen molar-refractivity contribution in [2.45, 2.75) is 6.92 Å². The van der Waals surface area contributed by atoms with E-state index in [0.29, 0.717) is 44.7 Å². The van der Waals surface area contributed by atoms with Crippen LogP contribution in [0.25, 0.3) is 16.7 Å². The molecule has 156 valence electrons. The highest BCUT2D eigenvalue weighted by Gasteiger charge is 2.14. The largest absolute Gasteiger partial charge is 0.457 e. The fraction of sp³-hybridized carbons (Fsp3) is 0.0500. The highest BCUT2D eigenvalue weighted by atomic mass is 35.5. The molecule has 0 spiro atoms. The maximum Gasteiger partial charge on any atom is 0.160 e. The number of benzene rings is 1. The maximum atomic E-state index is 15.1. The van der Waals surface area contributed by atoms with Gasteiger partial charge in [0, 0.05) is 17.8 Å². The van der Waals surface area contributed by atoms with E-state index in [1.165, 1.54) is 12.7 Å². The van der Waals surface area contributed by atoms with Gasteiger partial charge in [-0.3, -0.25) is 0 Å². The molecule has 0 aliphatic rings. The Bertz CT molecular complexity index is 1410. The van der Waals surface area contributed by atoms with Crippen molar-refractivity contribution in [2.24, 2.45) is 0 Å². The minimum atomic E-state index is -0.468. The zero-order valence-electron chi connectivity index (χ0n) is 16.0. The van der Waals surface area contributed by atoms with E-state index in [2.05, 4.69) is 30.4 Å². The van der Waals surface area contributed by atoms with Crippen molar-refractivity contribution in [1.82, 2.24) is 29.5 Å². The molecule has 1 aromatic carbocycles. The topological polar surface area (TPSA) is 90.1 Å². The van der Waals surface area contributed by atoms with Crippen LogP contribution in [0.5, 0.6) is 11.5 Å². The Morgan fingerprint density at radius 3 is 2.81 bits per heavy atom. The fourth-order valence-electron chi connectivity index (χ4n) is 3.00. The molecule has 0 aliphatic carbocycles. The summed E-state index contributed by atoms with van der Waals surface area (Å²) in [5.74, 6) is 0.798. The lowest BCUT2D eigenvalue weighted by Gasteiger charge is -2.14. The maximum absolute atomic E-state index is 15.1. The first kappa shape index (κ1) is 20.7. The first-order chi connectivity index (χ1) is 14.6. The summed E-state index contributed by atoms with van der Waals surface area (Å²) < 4.78 is 22.5. The second-order valence-corrected chi connectivity index (χ2v) is 6.81. The van der Waals surface area contributed by atoms with Crippen molar-refractivity contribution in [3.05, 3.63) is 71.8 Å². The molecule has 0 unspecified atom stereocenters. The van der Waals surface area contributed by atoms with Gasteiger partial charge < -0.3 is 10.1 Å². The molecule has 4 aromatic heterocycles. The molecule has 4 heterocycles. The fourth-order valence-corrected chi connectivity index (χ4v) is 3.14. The van der Waals surface area contributed by atoms with Crippen LogP contribution in [0.2, 0.25) is 5.15 Å². The lowest BCUT2D eigenvalue weighted by molar-refractivity contribution is 0.471. The van der Waals surface area contributed by atoms with Crippen LogP contribution in [0, 0.1) is 12.7 Å². The number of rotatable bonds is 4. The van der Waals surface area contributed by atoms with Crippen LogP contribution in [0.4, 0.5) is 15.9 Å². The number of hydrogen-bond acceptors (Lipinski definition) is 7. The van der Waals surface area contributed by atoms with Gasteiger partial charge in [-0.2, -0.15) is 5.10 Å². The summed E-state index contributed by atoms with van der Waals surface area (Å²) in [5, 5.41) is 7.30. The van der Waals surface area contributed by atoms with Gasteiger partial charge in [-0.05, 0) is 37.3 Å². The predicted molar refractivity (Wildman–Crippen MR) is 117 cm³/mol. The lowest BCUT2D eigenvalue weighted by atomic mass is 10.1. The predicted octanol–water partition coefficient (Wildman–Crippen LogP) is 5.13. The summed E-state index contributed by atoms with van der Waals surface area (Å²) >= 11 is 5.98. The highest BCUT2D eigenvalue weighted by molar-refractivity contribution is 6.29. The number of fused-ring (bicyclic) bond motifs is 2. The summed E-state index contributed by atoms with van der Waals surface area (Å²) in [7, 11) is 0. The molecule has 31 heavy (non-hydrogen) atoms. The van der Waals surface area contributed by atoms with Gasteiger partial charge in [-0.15, -0.1) is 12.4 Å². The highest BCUT2D eigenvalue weighted by Crippen LogP contribution is 2.32. The van der Waals surface area contributed by atoms with Gasteiger partial charge in [0.15, 0.2) is 17.3 Å². The Morgan fingerprint density at radius 2 is 1.94 bits per heavy atom. The summed E-state index contributed by atoms with van der Waals surface area (Å²) in [6.45, 7) is 1.64. The second-order valence-electron chi connectivity index (χ2n) is 6.43. The van der Waals surface area contributed by atoms with E-state index in [0.717, 1.165) is 0 Å². The number of anilines is 2. The minimum Gasteiger partial charge on any atom is -0.457 e. The molecule has 0 fully saturated rings. The summed E-state index contributed by atoms with van der Waals surface area (Å²) in [4.78, 5) is 16.7.